The lowest BCUT2D eigenvalue weighted by molar-refractivity contribution is 0.345. The van der Waals surface area contributed by atoms with Crippen LogP contribution in [0.5, 0.6) is 11.8 Å². The Morgan fingerprint density at radius 3 is 2.85 bits per heavy atom. The first-order valence-electron chi connectivity index (χ1n) is 3.51. The van der Waals surface area contributed by atoms with Crippen molar-refractivity contribution < 1.29 is 9.47 Å². The fourth-order valence-corrected chi connectivity index (χ4v) is 0.715. The zero-order valence-corrected chi connectivity index (χ0v) is 7.15. The summed E-state index contributed by atoms with van der Waals surface area (Å²) in [6.45, 7) is 0.138. The molecule has 13 heavy (non-hydrogen) atoms. The first kappa shape index (κ1) is 9.13. The molecule has 0 fully saturated rings. The Balaban J connectivity index is 2.83. The Labute approximate surface area is 75.9 Å². The molecule has 0 radical (unpaired) electrons. The number of nitrogens with two attached hydrogens (primary N) is 1. The molecule has 0 saturated carbocycles. The molecule has 0 aliphatic rings. The Bertz CT molecular complexity index is 333. The lowest BCUT2D eigenvalue weighted by atomic mass is 10.6. The van der Waals surface area contributed by atoms with Crippen molar-refractivity contribution in [2.24, 2.45) is 0 Å². The van der Waals surface area contributed by atoms with Crippen molar-refractivity contribution in [1.29, 1.82) is 0 Å². The minimum absolute atomic E-state index is 0.0892. The number of nitrogen functional groups attached to an aromatic ring is 1. The van der Waals surface area contributed by atoms with Crippen molar-refractivity contribution in [1.82, 2.24) is 9.97 Å². The second kappa shape index (κ2) is 4.16. The largest absolute Gasteiger partial charge is 0.481 e. The summed E-state index contributed by atoms with van der Waals surface area (Å²) >= 11 is 0. The maximum atomic E-state index is 5.37. The molecule has 5 nitrogen and oxygen atoms in total. The van der Waals surface area contributed by atoms with Crippen LogP contribution in [0.1, 0.15) is 0 Å². The number of rotatable bonds is 3. The fourth-order valence-electron chi connectivity index (χ4n) is 0.715. The minimum atomic E-state index is 0.0892. The van der Waals surface area contributed by atoms with Crippen LogP contribution in [0, 0.1) is 12.3 Å². The normalized spacial score (nSPS) is 8.92. The molecule has 0 aliphatic heterocycles. The van der Waals surface area contributed by atoms with E-state index in [4.69, 9.17) is 21.6 Å². The summed E-state index contributed by atoms with van der Waals surface area (Å²) in [5.41, 5.74) is 5.37. The van der Waals surface area contributed by atoms with Crippen LogP contribution in [0.15, 0.2) is 6.07 Å². The van der Waals surface area contributed by atoms with Crippen molar-refractivity contribution in [3.63, 3.8) is 0 Å². The van der Waals surface area contributed by atoms with Crippen LogP contribution in [-0.4, -0.2) is 23.7 Å². The number of aromatic nitrogens is 2. The van der Waals surface area contributed by atoms with Gasteiger partial charge in [-0.1, -0.05) is 5.92 Å². The highest BCUT2D eigenvalue weighted by atomic mass is 16.5. The van der Waals surface area contributed by atoms with Crippen LogP contribution >= 0.6 is 0 Å². The van der Waals surface area contributed by atoms with E-state index in [1.54, 1.807) is 0 Å². The molecule has 0 aliphatic carbocycles. The van der Waals surface area contributed by atoms with Gasteiger partial charge in [0.2, 0.25) is 17.7 Å². The minimum Gasteiger partial charge on any atom is -0.481 e. The quantitative estimate of drug-likeness (QED) is 0.665. The third kappa shape index (κ3) is 2.52. The van der Waals surface area contributed by atoms with E-state index in [2.05, 4.69) is 15.9 Å². The van der Waals surface area contributed by atoms with E-state index in [9.17, 15) is 0 Å². The molecule has 0 atom stereocenters. The molecule has 1 aromatic rings. The van der Waals surface area contributed by atoms with Gasteiger partial charge in [0.25, 0.3) is 0 Å². The van der Waals surface area contributed by atoms with Crippen molar-refractivity contribution in [3.05, 3.63) is 6.07 Å². The molecular formula is C8H9N3O2. The number of ether oxygens (including phenoxy) is 2. The highest BCUT2D eigenvalue weighted by Crippen LogP contribution is 2.15. The summed E-state index contributed by atoms with van der Waals surface area (Å²) in [6.07, 6.45) is 5.00. The van der Waals surface area contributed by atoms with Gasteiger partial charge in [0.1, 0.15) is 0 Å². The Morgan fingerprint density at radius 2 is 2.23 bits per heavy atom. The highest BCUT2D eigenvalue weighted by molar-refractivity contribution is 5.29. The van der Waals surface area contributed by atoms with Gasteiger partial charge in [0.15, 0.2) is 6.61 Å². The van der Waals surface area contributed by atoms with Crippen LogP contribution in [-0.2, 0) is 0 Å². The molecule has 1 heterocycles. The SMILES string of the molecule is C#CCOc1cc(OC)nc(N)n1. The van der Waals surface area contributed by atoms with E-state index in [1.165, 1.54) is 13.2 Å². The summed E-state index contributed by atoms with van der Waals surface area (Å²) in [5, 5.41) is 0. The van der Waals surface area contributed by atoms with Crippen LogP contribution in [0.25, 0.3) is 0 Å². The summed E-state index contributed by atoms with van der Waals surface area (Å²) < 4.78 is 9.88. The molecule has 68 valence electrons. The van der Waals surface area contributed by atoms with E-state index < -0.39 is 0 Å². The second-order valence-corrected chi connectivity index (χ2v) is 2.10. The van der Waals surface area contributed by atoms with Crippen LogP contribution < -0.4 is 15.2 Å². The fraction of sp³-hybridized carbons (Fsp3) is 0.250. The van der Waals surface area contributed by atoms with E-state index in [0.29, 0.717) is 11.8 Å². The molecule has 0 unspecified atom stereocenters. The average Bonchev–Trinajstić information content (AvgIpc) is 2.14. The number of terminal acetylenes is 1. The number of nitrogens with zero attached hydrogens (tertiary/aromatic N) is 2. The molecule has 0 spiro atoms. The monoisotopic (exact) mass is 179 g/mol. The maximum absolute atomic E-state index is 5.37. The van der Waals surface area contributed by atoms with E-state index in [0.717, 1.165) is 0 Å². The molecule has 2 N–H and O–H groups in total. The summed E-state index contributed by atoms with van der Waals surface area (Å²) in [5.74, 6) is 3.05. The molecule has 0 amide bonds. The van der Waals surface area contributed by atoms with Gasteiger partial charge in [-0.2, -0.15) is 9.97 Å². The van der Waals surface area contributed by atoms with Gasteiger partial charge in [-0.05, 0) is 0 Å². The molecule has 1 aromatic heterocycles. The number of hydrogen-bond acceptors (Lipinski definition) is 5. The van der Waals surface area contributed by atoms with E-state index >= 15 is 0 Å². The maximum Gasteiger partial charge on any atom is 0.226 e. The second-order valence-electron chi connectivity index (χ2n) is 2.10. The number of hydrogen-bond donors (Lipinski definition) is 1. The van der Waals surface area contributed by atoms with E-state index in [1.807, 2.05) is 0 Å². The van der Waals surface area contributed by atoms with Gasteiger partial charge in [0.05, 0.1) is 13.2 Å². The topological polar surface area (TPSA) is 70.3 Å². The van der Waals surface area contributed by atoms with Crippen LogP contribution in [0.4, 0.5) is 5.95 Å². The van der Waals surface area contributed by atoms with Crippen molar-refractivity contribution >= 4 is 5.95 Å². The zero-order valence-electron chi connectivity index (χ0n) is 7.15. The predicted octanol–water partition coefficient (Wildman–Crippen LogP) is 0.0794. The Morgan fingerprint density at radius 1 is 1.54 bits per heavy atom. The number of methoxy groups -OCH3 is 1. The van der Waals surface area contributed by atoms with Gasteiger partial charge >= 0.3 is 0 Å². The third-order valence-corrected chi connectivity index (χ3v) is 1.21. The van der Waals surface area contributed by atoms with Crippen molar-refractivity contribution in [2.75, 3.05) is 19.5 Å². The van der Waals surface area contributed by atoms with Gasteiger partial charge in [-0.25, -0.2) is 0 Å². The first-order valence-corrected chi connectivity index (χ1v) is 3.51. The molecule has 0 aromatic carbocycles. The average molecular weight is 179 g/mol. The van der Waals surface area contributed by atoms with Crippen LogP contribution in [0.3, 0.4) is 0 Å². The Hall–Kier alpha value is -1.96. The van der Waals surface area contributed by atoms with Crippen molar-refractivity contribution in [2.45, 2.75) is 0 Å². The van der Waals surface area contributed by atoms with Gasteiger partial charge in [-0.3, -0.25) is 0 Å². The van der Waals surface area contributed by atoms with Gasteiger partial charge in [0, 0.05) is 0 Å². The van der Waals surface area contributed by atoms with Crippen molar-refractivity contribution in [3.8, 4) is 24.1 Å². The summed E-state index contributed by atoms with van der Waals surface area (Å²) in [4.78, 5) is 7.56. The molecular weight excluding hydrogens is 170 g/mol. The molecule has 1 rings (SSSR count). The molecule has 5 heteroatoms. The number of anilines is 1. The highest BCUT2D eigenvalue weighted by Gasteiger charge is 2.01. The smallest absolute Gasteiger partial charge is 0.226 e. The van der Waals surface area contributed by atoms with Gasteiger partial charge < -0.3 is 15.2 Å². The lowest BCUT2D eigenvalue weighted by Crippen LogP contribution is -2.02. The molecule has 0 bridgehead atoms. The predicted molar refractivity (Wildman–Crippen MR) is 47.3 cm³/mol. The van der Waals surface area contributed by atoms with Gasteiger partial charge in [-0.15, -0.1) is 6.42 Å². The molecule has 0 saturated heterocycles. The summed E-state index contributed by atoms with van der Waals surface area (Å²) in [6, 6.07) is 1.51. The lowest BCUT2D eigenvalue weighted by Gasteiger charge is -2.03. The standard InChI is InChI=1S/C8H9N3O2/c1-3-4-13-7-5-6(12-2)10-8(9)11-7/h1,5H,4H2,2H3,(H2,9,10,11). The van der Waals surface area contributed by atoms with E-state index in [-0.39, 0.29) is 12.6 Å². The Kier molecular flexibility index (Phi) is 2.92. The zero-order chi connectivity index (χ0) is 9.68. The third-order valence-electron chi connectivity index (χ3n) is 1.21. The first-order chi connectivity index (χ1) is 6.26. The summed E-state index contributed by atoms with van der Waals surface area (Å²) in [7, 11) is 1.48. The van der Waals surface area contributed by atoms with Crippen LogP contribution in [0.2, 0.25) is 0 Å².